The zero-order valence-electron chi connectivity index (χ0n) is 10.7. The zero-order valence-corrected chi connectivity index (χ0v) is 12.2. The van der Waals surface area contributed by atoms with Crippen molar-refractivity contribution in [3.8, 4) is 0 Å². The topological polar surface area (TPSA) is 46.3 Å². The number of hydrogen-bond donors (Lipinski definition) is 1. The van der Waals surface area contributed by atoms with E-state index in [1.165, 1.54) is 0 Å². The third-order valence-corrected chi connectivity index (χ3v) is 4.24. The van der Waals surface area contributed by atoms with Gasteiger partial charge in [-0.3, -0.25) is 4.79 Å². The standard InChI is InChI=1S/C14H19BrN2O/c1-2-4-10-7-14(18)17(8-10)9-11-12(15)5-3-6-13(11)16/h3,5-6,10H,2,4,7-9,16H2,1H3. The maximum Gasteiger partial charge on any atom is 0.223 e. The van der Waals surface area contributed by atoms with Gasteiger partial charge in [-0.1, -0.05) is 35.3 Å². The molecule has 1 heterocycles. The molecule has 0 aromatic heterocycles. The Balaban J connectivity index is 2.08. The average molecular weight is 311 g/mol. The first-order chi connectivity index (χ1) is 8.61. The highest BCUT2D eigenvalue weighted by molar-refractivity contribution is 9.10. The van der Waals surface area contributed by atoms with Crippen LogP contribution in [0.1, 0.15) is 31.7 Å². The fourth-order valence-electron chi connectivity index (χ4n) is 2.54. The minimum absolute atomic E-state index is 0.253. The fourth-order valence-corrected chi connectivity index (χ4v) is 3.05. The van der Waals surface area contributed by atoms with Crippen LogP contribution in [0.5, 0.6) is 0 Å². The molecule has 98 valence electrons. The Bertz CT molecular complexity index is 427. The van der Waals surface area contributed by atoms with Gasteiger partial charge in [0, 0.05) is 35.2 Å². The van der Waals surface area contributed by atoms with Crippen LogP contribution in [0.4, 0.5) is 5.69 Å². The summed E-state index contributed by atoms with van der Waals surface area (Å²) >= 11 is 3.50. The molecule has 0 radical (unpaired) electrons. The van der Waals surface area contributed by atoms with Crippen molar-refractivity contribution in [2.45, 2.75) is 32.7 Å². The van der Waals surface area contributed by atoms with Crippen LogP contribution < -0.4 is 5.73 Å². The largest absolute Gasteiger partial charge is 0.398 e. The molecule has 1 amide bonds. The Hall–Kier alpha value is -1.03. The van der Waals surface area contributed by atoms with E-state index in [0.717, 1.165) is 35.1 Å². The molecule has 2 rings (SSSR count). The van der Waals surface area contributed by atoms with E-state index in [0.29, 0.717) is 18.9 Å². The van der Waals surface area contributed by atoms with E-state index in [2.05, 4.69) is 22.9 Å². The lowest BCUT2D eigenvalue weighted by Gasteiger charge is -2.19. The first-order valence-corrected chi connectivity index (χ1v) is 7.21. The molecule has 1 aliphatic rings. The Morgan fingerprint density at radius 3 is 2.94 bits per heavy atom. The molecule has 1 aromatic carbocycles. The van der Waals surface area contributed by atoms with Crippen LogP contribution in [0.25, 0.3) is 0 Å². The Morgan fingerprint density at radius 2 is 2.28 bits per heavy atom. The minimum Gasteiger partial charge on any atom is -0.398 e. The number of nitrogens with two attached hydrogens (primary N) is 1. The smallest absolute Gasteiger partial charge is 0.223 e. The Morgan fingerprint density at radius 1 is 1.50 bits per heavy atom. The van der Waals surface area contributed by atoms with Gasteiger partial charge >= 0.3 is 0 Å². The van der Waals surface area contributed by atoms with Gasteiger partial charge in [-0.15, -0.1) is 0 Å². The first-order valence-electron chi connectivity index (χ1n) is 6.42. The summed E-state index contributed by atoms with van der Waals surface area (Å²) in [6, 6.07) is 5.76. The molecule has 0 spiro atoms. The second-order valence-electron chi connectivity index (χ2n) is 4.94. The first kappa shape index (κ1) is 13.4. The molecule has 0 saturated carbocycles. The van der Waals surface area contributed by atoms with Gasteiger partial charge in [0.25, 0.3) is 0 Å². The number of rotatable bonds is 4. The van der Waals surface area contributed by atoms with E-state index >= 15 is 0 Å². The van der Waals surface area contributed by atoms with Crippen LogP contribution >= 0.6 is 15.9 Å². The van der Waals surface area contributed by atoms with Crippen LogP contribution in [0.2, 0.25) is 0 Å². The van der Waals surface area contributed by atoms with Crippen LogP contribution in [-0.2, 0) is 11.3 Å². The predicted molar refractivity (Wildman–Crippen MR) is 77.0 cm³/mol. The van der Waals surface area contributed by atoms with Crippen molar-refractivity contribution in [3.63, 3.8) is 0 Å². The molecule has 4 heteroatoms. The quantitative estimate of drug-likeness (QED) is 0.868. The molecule has 1 fully saturated rings. The monoisotopic (exact) mass is 310 g/mol. The number of nitrogens with zero attached hydrogens (tertiary/aromatic N) is 1. The summed E-state index contributed by atoms with van der Waals surface area (Å²) in [7, 11) is 0. The molecule has 0 aliphatic carbocycles. The molecule has 1 saturated heterocycles. The van der Waals surface area contributed by atoms with Crippen molar-refractivity contribution in [2.24, 2.45) is 5.92 Å². The zero-order chi connectivity index (χ0) is 13.1. The predicted octanol–water partition coefficient (Wildman–Crippen LogP) is 3.18. The third-order valence-electron chi connectivity index (χ3n) is 3.50. The summed E-state index contributed by atoms with van der Waals surface area (Å²) in [5, 5.41) is 0. The molecular formula is C14H19BrN2O. The molecule has 18 heavy (non-hydrogen) atoms. The lowest BCUT2D eigenvalue weighted by Crippen LogP contribution is -2.25. The highest BCUT2D eigenvalue weighted by Gasteiger charge is 2.29. The number of likely N-dealkylation sites (tertiary alicyclic amines) is 1. The molecule has 1 unspecified atom stereocenters. The SMILES string of the molecule is CCCC1CC(=O)N(Cc2c(N)cccc2Br)C1. The van der Waals surface area contributed by atoms with Crippen molar-refractivity contribution in [3.05, 3.63) is 28.2 Å². The van der Waals surface area contributed by atoms with E-state index in [4.69, 9.17) is 5.73 Å². The highest BCUT2D eigenvalue weighted by atomic mass is 79.9. The summed E-state index contributed by atoms with van der Waals surface area (Å²) < 4.78 is 0.981. The van der Waals surface area contributed by atoms with Crippen LogP contribution in [0.15, 0.2) is 22.7 Å². The summed E-state index contributed by atoms with van der Waals surface area (Å²) in [4.78, 5) is 13.9. The number of hydrogen-bond acceptors (Lipinski definition) is 2. The number of amides is 1. The number of carbonyl (C=O) groups excluding carboxylic acids is 1. The average Bonchev–Trinajstić information content (AvgIpc) is 2.65. The van der Waals surface area contributed by atoms with E-state index in [-0.39, 0.29) is 5.91 Å². The van der Waals surface area contributed by atoms with Crippen molar-refractivity contribution in [1.82, 2.24) is 4.90 Å². The number of halogens is 1. The van der Waals surface area contributed by atoms with Crippen LogP contribution in [0, 0.1) is 5.92 Å². The van der Waals surface area contributed by atoms with Gasteiger partial charge in [0.05, 0.1) is 0 Å². The summed E-state index contributed by atoms with van der Waals surface area (Å²) in [5.74, 6) is 0.773. The fraction of sp³-hybridized carbons (Fsp3) is 0.500. The summed E-state index contributed by atoms with van der Waals surface area (Å²) in [6.45, 7) is 3.65. The lowest BCUT2D eigenvalue weighted by molar-refractivity contribution is -0.128. The Labute approximate surface area is 116 Å². The van der Waals surface area contributed by atoms with Crippen molar-refractivity contribution in [2.75, 3.05) is 12.3 Å². The van der Waals surface area contributed by atoms with Crippen molar-refractivity contribution in [1.29, 1.82) is 0 Å². The summed E-state index contributed by atoms with van der Waals surface area (Å²) in [6.07, 6.45) is 2.97. The van der Waals surface area contributed by atoms with E-state index in [9.17, 15) is 4.79 Å². The van der Waals surface area contributed by atoms with Gasteiger partial charge in [-0.05, 0) is 24.5 Å². The van der Waals surface area contributed by atoms with Gasteiger partial charge in [-0.2, -0.15) is 0 Å². The maximum absolute atomic E-state index is 12.0. The maximum atomic E-state index is 12.0. The second-order valence-corrected chi connectivity index (χ2v) is 5.80. The second kappa shape index (κ2) is 5.74. The molecular weight excluding hydrogens is 292 g/mol. The Kier molecular flexibility index (Phi) is 4.27. The molecule has 0 bridgehead atoms. The van der Waals surface area contributed by atoms with E-state index in [1.54, 1.807) is 0 Å². The van der Waals surface area contributed by atoms with Crippen molar-refractivity contribution < 1.29 is 4.79 Å². The molecule has 2 N–H and O–H groups in total. The number of benzene rings is 1. The minimum atomic E-state index is 0.253. The van der Waals surface area contributed by atoms with E-state index in [1.807, 2.05) is 23.1 Å². The van der Waals surface area contributed by atoms with Gasteiger partial charge in [0.15, 0.2) is 0 Å². The van der Waals surface area contributed by atoms with Gasteiger partial charge in [0.1, 0.15) is 0 Å². The van der Waals surface area contributed by atoms with Crippen LogP contribution in [-0.4, -0.2) is 17.4 Å². The third kappa shape index (κ3) is 2.86. The molecule has 1 atom stereocenters. The molecule has 3 nitrogen and oxygen atoms in total. The van der Waals surface area contributed by atoms with Gasteiger partial charge in [0.2, 0.25) is 5.91 Å². The molecule has 1 aliphatic heterocycles. The number of carbonyl (C=O) groups is 1. The van der Waals surface area contributed by atoms with Gasteiger partial charge < -0.3 is 10.6 Å². The molecule has 1 aromatic rings. The lowest BCUT2D eigenvalue weighted by atomic mass is 10.0. The highest BCUT2D eigenvalue weighted by Crippen LogP contribution is 2.28. The van der Waals surface area contributed by atoms with Crippen molar-refractivity contribution >= 4 is 27.5 Å². The van der Waals surface area contributed by atoms with Crippen LogP contribution in [0.3, 0.4) is 0 Å². The van der Waals surface area contributed by atoms with E-state index < -0.39 is 0 Å². The normalized spacial score (nSPS) is 19.6. The van der Waals surface area contributed by atoms with Gasteiger partial charge in [-0.25, -0.2) is 0 Å². The summed E-state index contributed by atoms with van der Waals surface area (Å²) in [5.41, 5.74) is 7.73. The number of nitrogen functional groups attached to an aromatic ring is 1. The number of anilines is 1.